The average Bonchev–Trinajstić information content (AvgIpc) is 3.24. The van der Waals surface area contributed by atoms with E-state index in [1.165, 1.54) is 32.1 Å². The van der Waals surface area contributed by atoms with E-state index in [1.54, 1.807) is 11.8 Å². The molecule has 2 aliphatic heterocycles. The van der Waals surface area contributed by atoms with Gasteiger partial charge in [-0.3, -0.25) is 9.59 Å². The molecule has 3 aliphatic rings. The fourth-order valence-corrected chi connectivity index (χ4v) is 5.16. The molecule has 4 nitrogen and oxygen atoms in total. The molecule has 0 aromatic rings. The predicted molar refractivity (Wildman–Crippen MR) is 89.6 cm³/mol. The van der Waals surface area contributed by atoms with Gasteiger partial charge in [0.2, 0.25) is 11.8 Å². The van der Waals surface area contributed by atoms with E-state index >= 15 is 0 Å². The summed E-state index contributed by atoms with van der Waals surface area (Å²) in [6, 6.07) is -0.193. The molecule has 3 rings (SSSR count). The molecule has 0 N–H and O–H groups in total. The molecule has 0 aromatic heterocycles. The van der Waals surface area contributed by atoms with Crippen molar-refractivity contribution in [1.29, 1.82) is 0 Å². The Hall–Kier alpha value is -0.710. The molecule has 0 bridgehead atoms. The van der Waals surface area contributed by atoms with Crippen LogP contribution in [0.25, 0.3) is 0 Å². The molecule has 1 aliphatic carbocycles. The Balaban J connectivity index is 1.50. The van der Waals surface area contributed by atoms with Crippen molar-refractivity contribution in [3.8, 4) is 0 Å². The van der Waals surface area contributed by atoms with Crippen molar-refractivity contribution < 1.29 is 9.59 Å². The van der Waals surface area contributed by atoms with E-state index in [1.807, 2.05) is 9.80 Å². The maximum Gasteiger partial charge on any atom is 0.246 e. The molecule has 1 saturated carbocycles. The van der Waals surface area contributed by atoms with Crippen molar-refractivity contribution in [3.63, 3.8) is 0 Å². The van der Waals surface area contributed by atoms with Crippen LogP contribution >= 0.6 is 11.8 Å². The van der Waals surface area contributed by atoms with E-state index in [9.17, 15) is 9.59 Å². The van der Waals surface area contributed by atoms with Crippen LogP contribution in [0.1, 0.15) is 57.8 Å². The van der Waals surface area contributed by atoms with Gasteiger partial charge in [0.1, 0.15) is 6.04 Å². The van der Waals surface area contributed by atoms with Crippen molar-refractivity contribution >= 4 is 23.6 Å². The minimum absolute atomic E-state index is 0.188. The SMILES string of the molecule is O=C(C1CSCN1C(=O)CCC1CCCCC1)N1CCCC1. The van der Waals surface area contributed by atoms with Gasteiger partial charge in [0, 0.05) is 25.3 Å². The molecule has 5 heteroatoms. The van der Waals surface area contributed by atoms with Gasteiger partial charge < -0.3 is 9.80 Å². The molecular formula is C17H28N2O2S. The Morgan fingerprint density at radius 2 is 1.73 bits per heavy atom. The molecule has 3 fully saturated rings. The van der Waals surface area contributed by atoms with Gasteiger partial charge in [0.25, 0.3) is 0 Å². The monoisotopic (exact) mass is 324 g/mol. The quantitative estimate of drug-likeness (QED) is 0.798. The van der Waals surface area contributed by atoms with E-state index in [2.05, 4.69) is 0 Å². The summed E-state index contributed by atoms with van der Waals surface area (Å²) >= 11 is 1.72. The fourth-order valence-electron chi connectivity index (χ4n) is 3.99. The minimum atomic E-state index is -0.193. The molecule has 1 unspecified atom stereocenters. The molecule has 2 saturated heterocycles. The number of hydrogen-bond donors (Lipinski definition) is 0. The van der Waals surface area contributed by atoms with Crippen LogP contribution in [-0.4, -0.2) is 52.4 Å². The van der Waals surface area contributed by atoms with Gasteiger partial charge in [-0.15, -0.1) is 11.8 Å². The summed E-state index contributed by atoms with van der Waals surface area (Å²) in [6.07, 6.45) is 10.5. The van der Waals surface area contributed by atoms with Crippen LogP contribution in [0.4, 0.5) is 0 Å². The van der Waals surface area contributed by atoms with E-state index in [4.69, 9.17) is 0 Å². The molecule has 0 aromatic carbocycles. The Kier molecular flexibility index (Phi) is 5.66. The second-order valence-electron chi connectivity index (χ2n) is 6.95. The Morgan fingerprint density at radius 3 is 2.45 bits per heavy atom. The highest BCUT2D eigenvalue weighted by Crippen LogP contribution is 2.29. The highest BCUT2D eigenvalue weighted by Gasteiger charge is 2.37. The number of thioether (sulfide) groups is 1. The summed E-state index contributed by atoms with van der Waals surface area (Å²) < 4.78 is 0. The first kappa shape index (κ1) is 16.2. The second-order valence-corrected chi connectivity index (χ2v) is 7.95. The van der Waals surface area contributed by atoms with Crippen molar-refractivity contribution in [2.24, 2.45) is 5.92 Å². The van der Waals surface area contributed by atoms with Gasteiger partial charge in [-0.25, -0.2) is 0 Å². The first-order chi connectivity index (χ1) is 10.8. The number of amides is 2. The van der Waals surface area contributed by atoms with Crippen LogP contribution in [0.3, 0.4) is 0 Å². The van der Waals surface area contributed by atoms with Gasteiger partial charge in [-0.1, -0.05) is 32.1 Å². The Bertz CT molecular complexity index is 403. The Morgan fingerprint density at radius 1 is 1.00 bits per heavy atom. The van der Waals surface area contributed by atoms with Gasteiger partial charge in [0.05, 0.1) is 5.88 Å². The molecule has 22 heavy (non-hydrogen) atoms. The fraction of sp³-hybridized carbons (Fsp3) is 0.882. The molecule has 2 amide bonds. The van der Waals surface area contributed by atoms with Crippen LogP contribution in [0.15, 0.2) is 0 Å². The topological polar surface area (TPSA) is 40.6 Å². The normalized spacial score (nSPS) is 26.6. The molecule has 1 atom stereocenters. The van der Waals surface area contributed by atoms with E-state index < -0.39 is 0 Å². The van der Waals surface area contributed by atoms with E-state index in [0.717, 1.165) is 44.0 Å². The van der Waals surface area contributed by atoms with Crippen LogP contribution in [0, 0.1) is 5.92 Å². The molecule has 0 radical (unpaired) electrons. The minimum Gasteiger partial charge on any atom is -0.341 e. The lowest BCUT2D eigenvalue weighted by Gasteiger charge is -2.28. The average molecular weight is 324 g/mol. The lowest BCUT2D eigenvalue weighted by Crippen LogP contribution is -2.48. The Labute approximate surface area is 138 Å². The van der Waals surface area contributed by atoms with Gasteiger partial charge in [-0.05, 0) is 25.2 Å². The van der Waals surface area contributed by atoms with Crippen molar-refractivity contribution in [2.75, 3.05) is 24.7 Å². The number of carbonyl (C=O) groups excluding carboxylic acids is 2. The third kappa shape index (κ3) is 3.79. The standard InChI is InChI=1S/C17H28N2O2S/c20-16(9-8-14-6-2-1-3-7-14)19-13-22-12-15(19)17(21)18-10-4-5-11-18/h14-15H,1-13H2. The van der Waals surface area contributed by atoms with E-state index in [0.29, 0.717) is 12.3 Å². The largest absolute Gasteiger partial charge is 0.341 e. The zero-order valence-electron chi connectivity index (χ0n) is 13.5. The van der Waals surface area contributed by atoms with Crippen LogP contribution in [0.2, 0.25) is 0 Å². The lowest BCUT2D eigenvalue weighted by molar-refractivity contribution is -0.142. The summed E-state index contributed by atoms with van der Waals surface area (Å²) in [5, 5.41) is 0. The van der Waals surface area contributed by atoms with Crippen molar-refractivity contribution in [3.05, 3.63) is 0 Å². The first-order valence-electron chi connectivity index (χ1n) is 8.91. The van der Waals surface area contributed by atoms with Gasteiger partial charge in [0.15, 0.2) is 0 Å². The van der Waals surface area contributed by atoms with Crippen LogP contribution in [0.5, 0.6) is 0 Å². The maximum atomic E-state index is 12.6. The summed E-state index contributed by atoms with van der Waals surface area (Å²) in [4.78, 5) is 29.0. The van der Waals surface area contributed by atoms with Crippen molar-refractivity contribution in [2.45, 2.75) is 63.8 Å². The number of nitrogens with zero attached hydrogens (tertiary/aromatic N) is 2. The molecular weight excluding hydrogens is 296 g/mol. The maximum absolute atomic E-state index is 12.6. The molecule has 2 heterocycles. The molecule has 0 spiro atoms. The summed E-state index contributed by atoms with van der Waals surface area (Å²) in [5.74, 6) is 2.61. The first-order valence-corrected chi connectivity index (χ1v) is 10.1. The highest BCUT2D eigenvalue weighted by atomic mass is 32.2. The third-order valence-corrected chi connectivity index (χ3v) is 6.41. The van der Waals surface area contributed by atoms with Crippen molar-refractivity contribution in [1.82, 2.24) is 9.80 Å². The summed E-state index contributed by atoms with van der Waals surface area (Å²) in [6.45, 7) is 1.76. The van der Waals surface area contributed by atoms with Gasteiger partial charge in [-0.2, -0.15) is 0 Å². The number of rotatable bonds is 4. The summed E-state index contributed by atoms with van der Waals surface area (Å²) in [7, 11) is 0. The van der Waals surface area contributed by atoms with Gasteiger partial charge >= 0.3 is 0 Å². The predicted octanol–water partition coefficient (Wildman–Crippen LogP) is 2.87. The number of likely N-dealkylation sites (tertiary alicyclic amines) is 1. The van der Waals surface area contributed by atoms with Crippen LogP contribution < -0.4 is 0 Å². The van der Waals surface area contributed by atoms with E-state index in [-0.39, 0.29) is 17.9 Å². The number of carbonyl (C=O) groups is 2. The third-order valence-electron chi connectivity index (χ3n) is 5.40. The highest BCUT2D eigenvalue weighted by molar-refractivity contribution is 7.99. The second kappa shape index (κ2) is 7.71. The lowest BCUT2D eigenvalue weighted by atomic mass is 9.86. The smallest absolute Gasteiger partial charge is 0.246 e. The zero-order valence-corrected chi connectivity index (χ0v) is 14.3. The molecule has 124 valence electrons. The zero-order chi connectivity index (χ0) is 15.4. The van der Waals surface area contributed by atoms with Crippen LogP contribution in [-0.2, 0) is 9.59 Å². The number of hydrogen-bond acceptors (Lipinski definition) is 3. The summed E-state index contributed by atoms with van der Waals surface area (Å²) in [5.41, 5.74) is 0.